The number of nitrogens with zero attached hydrogens (tertiary/aromatic N) is 2. The average Bonchev–Trinajstić information content (AvgIpc) is 2.90. The van der Waals surface area contributed by atoms with Crippen molar-refractivity contribution >= 4 is 0 Å². The molecule has 1 heterocycles. The van der Waals surface area contributed by atoms with Crippen LogP contribution in [0.2, 0.25) is 0 Å². The highest BCUT2D eigenvalue weighted by atomic mass is 14.9. The zero-order valence-corrected chi connectivity index (χ0v) is 22.7. The molecule has 0 atom stereocenters. The minimum Gasteiger partial charge on any atom is -0.241 e. The summed E-state index contributed by atoms with van der Waals surface area (Å²) in [5.41, 5.74) is 1.42. The third-order valence-corrected chi connectivity index (χ3v) is 10.1. The maximum Gasteiger partial charge on any atom is 0.131 e. The van der Waals surface area contributed by atoms with Crippen molar-refractivity contribution in [2.75, 3.05) is 0 Å². The molecule has 34 heavy (non-hydrogen) atoms. The van der Waals surface area contributed by atoms with Crippen molar-refractivity contribution in [3.05, 3.63) is 23.8 Å². The number of hydrogen-bond donors (Lipinski definition) is 0. The van der Waals surface area contributed by atoms with Gasteiger partial charge in [-0.25, -0.2) is 9.97 Å². The second kappa shape index (κ2) is 14.0. The molecule has 0 aliphatic heterocycles. The first-order chi connectivity index (χ1) is 16.8. The van der Waals surface area contributed by atoms with E-state index in [4.69, 9.17) is 9.97 Å². The molecule has 2 heteroatoms. The van der Waals surface area contributed by atoms with Crippen molar-refractivity contribution in [2.45, 2.75) is 154 Å². The van der Waals surface area contributed by atoms with Gasteiger partial charge in [0.05, 0.1) is 0 Å². The van der Waals surface area contributed by atoms with Crippen LogP contribution >= 0.6 is 0 Å². The second-order valence-corrected chi connectivity index (χ2v) is 12.5. The van der Waals surface area contributed by atoms with Gasteiger partial charge in [-0.1, -0.05) is 78.1 Å². The lowest BCUT2D eigenvalue weighted by atomic mass is 9.68. The summed E-state index contributed by atoms with van der Waals surface area (Å²) in [6.07, 6.45) is 33.0. The van der Waals surface area contributed by atoms with Crippen LogP contribution in [0.5, 0.6) is 0 Å². The van der Waals surface area contributed by atoms with Crippen molar-refractivity contribution in [2.24, 2.45) is 23.7 Å². The van der Waals surface area contributed by atoms with Crippen molar-refractivity contribution in [1.29, 1.82) is 0 Å². The molecule has 0 spiro atoms. The number of rotatable bonds is 11. The third-order valence-electron chi connectivity index (χ3n) is 10.1. The predicted octanol–water partition coefficient (Wildman–Crippen LogP) is 9.99. The van der Waals surface area contributed by atoms with Crippen LogP contribution in [0.15, 0.2) is 12.4 Å². The first kappa shape index (κ1) is 26.2. The molecule has 0 amide bonds. The lowest BCUT2D eigenvalue weighted by Gasteiger charge is -2.38. The Bertz CT molecular complexity index is 659. The molecule has 0 saturated heterocycles. The van der Waals surface area contributed by atoms with Gasteiger partial charge in [-0.3, -0.25) is 0 Å². The summed E-state index contributed by atoms with van der Waals surface area (Å²) >= 11 is 0. The largest absolute Gasteiger partial charge is 0.241 e. The Kier molecular flexibility index (Phi) is 10.8. The Morgan fingerprint density at radius 1 is 0.559 bits per heavy atom. The highest BCUT2D eigenvalue weighted by Gasteiger charge is 2.31. The summed E-state index contributed by atoms with van der Waals surface area (Å²) in [6.45, 7) is 4.64. The lowest BCUT2D eigenvalue weighted by Crippen LogP contribution is -2.25. The fourth-order valence-corrected chi connectivity index (χ4v) is 7.80. The molecule has 1 aromatic rings. The fraction of sp³-hybridized carbons (Fsp3) is 0.875. The zero-order chi connectivity index (χ0) is 23.6. The summed E-state index contributed by atoms with van der Waals surface area (Å²) in [5, 5.41) is 0. The maximum atomic E-state index is 4.90. The standard InChI is InChI=1S/C32H54N2/c1-3-5-6-7-8-10-26-11-15-27(16-12-26)28-19-21-29(22-20-28)31-23-33-32(34-24-31)30-17-13-25(9-4-2)14-18-30/h23-30H,3-22H2,1-2H3. The summed E-state index contributed by atoms with van der Waals surface area (Å²) in [5.74, 6) is 6.50. The average molecular weight is 467 g/mol. The highest BCUT2D eigenvalue weighted by Crippen LogP contribution is 2.44. The van der Waals surface area contributed by atoms with E-state index in [0.717, 1.165) is 29.5 Å². The lowest BCUT2D eigenvalue weighted by molar-refractivity contribution is 0.155. The molecular formula is C32H54N2. The summed E-state index contributed by atoms with van der Waals surface area (Å²) in [6, 6.07) is 0. The molecule has 4 rings (SSSR count). The van der Waals surface area contributed by atoms with Crippen LogP contribution in [-0.4, -0.2) is 9.97 Å². The van der Waals surface area contributed by atoms with Crippen molar-refractivity contribution in [3.8, 4) is 0 Å². The zero-order valence-electron chi connectivity index (χ0n) is 22.7. The molecule has 2 nitrogen and oxygen atoms in total. The summed E-state index contributed by atoms with van der Waals surface area (Å²) in [4.78, 5) is 9.79. The molecule has 0 N–H and O–H groups in total. The van der Waals surface area contributed by atoms with Gasteiger partial charge in [0.1, 0.15) is 5.82 Å². The van der Waals surface area contributed by atoms with Gasteiger partial charge < -0.3 is 0 Å². The molecule has 0 radical (unpaired) electrons. The van der Waals surface area contributed by atoms with Gasteiger partial charge in [-0.2, -0.15) is 0 Å². The SMILES string of the molecule is CCCCCCCC1CCC(C2CCC(c3cnc(C4CCC(CCC)CC4)nc3)CC2)CC1. The Labute approximate surface area is 211 Å². The van der Waals surface area contributed by atoms with Crippen LogP contribution in [0.1, 0.15) is 165 Å². The van der Waals surface area contributed by atoms with Crippen LogP contribution in [0.4, 0.5) is 0 Å². The number of hydrogen-bond acceptors (Lipinski definition) is 2. The van der Waals surface area contributed by atoms with E-state index in [-0.39, 0.29) is 0 Å². The van der Waals surface area contributed by atoms with Gasteiger partial charge in [0.2, 0.25) is 0 Å². The smallest absolute Gasteiger partial charge is 0.131 e. The van der Waals surface area contributed by atoms with Crippen LogP contribution in [-0.2, 0) is 0 Å². The topological polar surface area (TPSA) is 25.8 Å². The van der Waals surface area contributed by atoms with Gasteiger partial charge >= 0.3 is 0 Å². The summed E-state index contributed by atoms with van der Waals surface area (Å²) < 4.78 is 0. The van der Waals surface area contributed by atoms with E-state index in [1.54, 1.807) is 0 Å². The van der Waals surface area contributed by atoms with Crippen LogP contribution in [0.3, 0.4) is 0 Å². The normalized spacial score (nSPS) is 32.5. The molecule has 3 fully saturated rings. The molecule has 3 aliphatic rings. The maximum absolute atomic E-state index is 4.90. The van der Waals surface area contributed by atoms with Gasteiger partial charge in [-0.15, -0.1) is 0 Å². The van der Waals surface area contributed by atoms with Gasteiger partial charge in [-0.05, 0) is 99.4 Å². The number of aromatic nitrogens is 2. The molecular weight excluding hydrogens is 412 g/mol. The Morgan fingerprint density at radius 3 is 1.71 bits per heavy atom. The van der Waals surface area contributed by atoms with Gasteiger partial charge in [0.15, 0.2) is 0 Å². The molecule has 1 aromatic heterocycles. The Hall–Kier alpha value is -0.920. The Morgan fingerprint density at radius 2 is 1.09 bits per heavy atom. The minimum atomic E-state index is 0.615. The molecule has 192 valence electrons. The van der Waals surface area contributed by atoms with Crippen molar-refractivity contribution in [3.63, 3.8) is 0 Å². The van der Waals surface area contributed by atoms with E-state index in [2.05, 4.69) is 26.2 Å². The molecule has 0 aromatic carbocycles. The van der Waals surface area contributed by atoms with E-state index < -0.39 is 0 Å². The van der Waals surface area contributed by atoms with E-state index in [9.17, 15) is 0 Å². The fourth-order valence-electron chi connectivity index (χ4n) is 7.80. The highest BCUT2D eigenvalue weighted by molar-refractivity contribution is 5.14. The van der Waals surface area contributed by atoms with Crippen LogP contribution in [0, 0.1) is 23.7 Å². The van der Waals surface area contributed by atoms with E-state index in [1.807, 2.05) is 0 Å². The van der Waals surface area contributed by atoms with Gasteiger partial charge in [0.25, 0.3) is 0 Å². The first-order valence-corrected chi connectivity index (χ1v) is 15.6. The van der Waals surface area contributed by atoms with E-state index in [1.165, 1.54) is 134 Å². The third kappa shape index (κ3) is 7.54. The molecule has 3 aliphatic carbocycles. The molecule has 0 bridgehead atoms. The van der Waals surface area contributed by atoms with E-state index >= 15 is 0 Å². The first-order valence-electron chi connectivity index (χ1n) is 15.6. The monoisotopic (exact) mass is 466 g/mol. The summed E-state index contributed by atoms with van der Waals surface area (Å²) in [7, 11) is 0. The Balaban J connectivity index is 1.15. The van der Waals surface area contributed by atoms with E-state index in [0.29, 0.717) is 11.8 Å². The minimum absolute atomic E-state index is 0.615. The van der Waals surface area contributed by atoms with Crippen molar-refractivity contribution < 1.29 is 0 Å². The van der Waals surface area contributed by atoms with Crippen molar-refractivity contribution in [1.82, 2.24) is 9.97 Å². The second-order valence-electron chi connectivity index (χ2n) is 12.5. The predicted molar refractivity (Wildman–Crippen MR) is 145 cm³/mol. The molecule has 3 saturated carbocycles. The quantitative estimate of drug-likeness (QED) is 0.303. The van der Waals surface area contributed by atoms with Crippen LogP contribution < -0.4 is 0 Å². The number of unbranched alkanes of at least 4 members (excludes halogenated alkanes) is 4. The van der Waals surface area contributed by atoms with Crippen LogP contribution in [0.25, 0.3) is 0 Å². The van der Waals surface area contributed by atoms with Gasteiger partial charge in [0, 0.05) is 18.3 Å². The molecule has 0 unspecified atom stereocenters.